The molecule has 3 amide bonds. The average molecular weight is 1760 g/mol. The lowest BCUT2D eigenvalue weighted by molar-refractivity contribution is 0.0790. The molecular weight excluding hydrogens is 1650 g/mol. The first-order valence-electron chi connectivity index (χ1n) is 42.3. The summed E-state index contributed by atoms with van der Waals surface area (Å²) >= 11 is 4.50. The number of aromatic nitrogens is 3. The molecule has 3 aliphatic heterocycles. The van der Waals surface area contributed by atoms with E-state index in [1.54, 1.807) is 47.6 Å². The smallest absolute Gasteiger partial charge is 0.273 e. The molecule has 2 N–H and O–H groups in total. The molecule has 0 fully saturated rings. The molecule has 126 heavy (non-hydrogen) atoms. The minimum Gasteiger partial charge on any atom is -0.497 e. The summed E-state index contributed by atoms with van der Waals surface area (Å²) < 4.78 is 66.4. The van der Waals surface area contributed by atoms with Crippen molar-refractivity contribution in [1.82, 2.24) is 45.2 Å². The minimum absolute atomic E-state index is 0.0937. The molecule has 0 aliphatic carbocycles. The number of hydrogen-bond donors (Lipinski definition) is 2. The van der Waals surface area contributed by atoms with Gasteiger partial charge in [-0.05, 0) is 168 Å². The molecule has 27 heteroatoms. The number of ether oxygens (including phenoxy) is 12. The van der Waals surface area contributed by atoms with E-state index < -0.39 is 0 Å². The van der Waals surface area contributed by atoms with Crippen LogP contribution in [0.5, 0.6) is 69.0 Å². The van der Waals surface area contributed by atoms with Gasteiger partial charge in [-0.2, -0.15) is 0 Å². The maximum absolute atomic E-state index is 13.3. The van der Waals surface area contributed by atoms with Crippen LogP contribution in [-0.4, -0.2) is 141 Å². The summed E-state index contributed by atoms with van der Waals surface area (Å²) in [6.07, 6.45) is 6.20. The van der Waals surface area contributed by atoms with Crippen molar-refractivity contribution in [3.05, 3.63) is 297 Å². The van der Waals surface area contributed by atoms with Crippen LogP contribution in [0.25, 0.3) is 0 Å². The summed E-state index contributed by atoms with van der Waals surface area (Å²) in [5, 5.41) is 14.2. The van der Waals surface area contributed by atoms with Gasteiger partial charge >= 0.3 is 0 Å². The van der Waals surface area contributed by atoms with Crippen molar-refractivity contribution in [1.29, 1.82) is 0 Å². The molecule has 1 atom stereocenters. The number of nitrogens with zero attached hydrogens (tertiary/aromatic N) is 7. The number of amides is 3. The Hall–Kier alpha value is -12.2. The number of thiazole rings is 3. The van der Waals surface area contributed by atoms with Crippen molar-refractivity contribution in [2.24, 2.45) is 0 Å². The first-order chi connectivity index (χ1) is 61.4. The second kappa shape index (κ2) is 45.6. The lowest BCUT2D eigenvalue weighted by Crippen LogP contribution is -2.32. The zero-order chi connectivity index (χ0) is 88.3. The molecule has 24 nitrogen and oxygen atoms in total. The number of nitrogens with one attached hydrogen (secondary N) is 2. The van der Waals surface area contributed by atoms with Gasteiger partial charge in [0, 0.05) is 105 Å². The fourth-order valence-corrected chi connectivity index (χ4v) is 17.2. The number of methoxy groups -OCH3 is 6. The van der Waals surface area contributed by atoms with E-state index in [4.69, 9.17) is 61.8 Å². The molecular formula is C99H111N9O15S3. The Labute approximate surface area is 750 Å². The van der Waals surface area contributed by atoms with Crippen LogP contribution >= 0.6 is 34.0 Å². The molecule has 3 aromatic heterocycles. The highest BCUT2D eigenvalue weighted by Gasteiger charge is 2.25. The lowest BCUT2D eigenvalue weighted by atomic mass is 10.0. The van der Waals surface area contributed by atoms with E-state index in [2.05, 4.69) is 153 Å². The maximum atomic E-state index is 13.3. The number of aryl methyl sites for hydroxylation is 4. The topological polar surface area (TPSA) is 238 Å². The molecule has 9 aromatic carbocycles. The van der Waals surface area contributed by atoms with Gasteiger partial charge in [-0.25, -0.2) is 15.0 Å². The van der Waals surface area contributed by atoms with Gasteiger partial charge in [0.2, 0.25) is 20.4 Å². The Kier molecular flexibility index (Phi) is 33.1. The van der Waals surface area contributed by atoms with E-state index in [0.717, 1.165) is 175 Å². The second-order valence-electron chi connectivity index (χ2n) is 30.8. The zero-order valence-electron chi connectivity index (χ0n) is 73.5. The number of carbonyl (C=O) groups is 3. The van der Waals surface area contributed by atoms with Gasteiger partial charge in [-0.3, -0.25) is 29.1 Å². The predicted molar refractivity (Wildman–Crippen MR) is 491 cm³/mol. The molecule has 0 spiro atoms. The number of likely N-dealkylation sites (N-methyl/N-ethyl adjacent to an activating group) is 1. The Morgan fingerprint density at radius 2 is 0.762 bits per heavy atom. The summed E-state index contributed by atoms with van der Waals surface area (Å²) in [6, 6.07) is 61.8. The van der Waals surface area contributed by atoms with E-state index in [-0.39, 0.29) is 44.1 Å². The fraction of sp³-hybridized carbons (Fsp3) is 0.333. The Morgan fingerprint density at radius 3 is 1.21 bits per heavy atom. The van der Waals surface area contributed by atoms with Crippen LogP contribution in [0.3, 0.4) is 0 Å². The quantitative estimate of drug-likeness (QED) is 0.0363. The van der Waals surface area contributed by atoms with E-state index in [1.807, 2.05) is 115 Å². The van der Waals surface area contributed by atoms with Crippen LogP contribution in [0, 0.1) is 0 Å². The van der Waals surface area contributed by atoms with E-state index in [1.165, 1.54) is 61.8 Å². The molecule has 0 bridgehead atoms. The average Bonchev–Trinajstić information content (AvgIpc) is 1.67. The normalized spacial score (nSPS) is 12.3. The molecule has 15 rings (SSSR count). The van der Waals surface area contributed by atoms with Crippen LogP contribution in [0.1, 0.15) is 147 Å². The minimum atomic E-state index is -0.182. The van der Waals surface area contributed by atoms with E-state index in [0.29, 0.717) is 82.4 Å². The number of carbonyl (C=O) groups excluding carboxylic acids is 3. The molecule has 0 saturated carbocycles. The summed E-state index contributed by atoms with van der Waals surface area (Å²) in [4.78, 5) is 61.5. The number of hydrogen-bond acceptors (Lipinski definition) is 24. The molecule has 3 aliphatic rings. The van der Waals surface area contributed by atoms with Gasteiger partial charge in [0.15, 0.2) is 34.5 Å². The van der Waals surface area contributed by atoms with Crippen molar-refractivity contribution >= 4 is 51.7 Å². The van der Waals surface area contributed by atoms with Crippen molar-refractivity contribution < 1.29 is 71.2 Å². The lowest BCUT2D eigenvalue weighted by Gasteiger charge is -2.23. The van der Waals surface area contributed by atoms with Gasteiger partial charge in [0.25, 0.3) is 17.7 Å². The van der Waals surface area contributed by atoms with E-state index >= 15 is 0 Å². The first kappa shape index (κ1) is 91.5. The van der Waals surface area contributed by atoms with Crippen molar-refractivity contribution in [2.75, 3.05) is 83.2 Å². The van der Waals surface area contributed by atoms with Crippen LogP contribution in [0.4, 0.5) is 0 Å². The van der Waals surface area contributed by atoms with Crippen molar-refractivity contribution in [3.8, 4) is 69.0 Å². The van der Waals surface area contributed by atoms with Gasteiger partial charge in [-0.1, -0.05) is 130 Å². The van der Waals surface area contributed by atoms with Gasteiger partial charge in [0.05, 0.1) is 62.3 Å². The SMILES string of the molecule is CCC(C)NC(=O)c1csc(CN(Cc2ccc(CCc3ccccc3)cc2)Cc2ccc3c(c2)OCO3)n1.CCc1ccc(CCN(C)C(=O)c2csc(CN(Cc3ccc4c(c3)OCO4)Cc3ccc(OC)cc3OC)n2)cc1OC.CCc1ccc(CCNC(=O)c2csc(CN(Cc3ccc4c(c3)OCO4)Cc3ccc(OC)cc3OC)n2)cc1OC. The fourth-order valence-electron chi connectivity index (χ4n) is 14.8. The standard InChI is InChI=1S/C34H39N3O6S.C33H37N3O6S.C32H35N3O3S/c1-6-25-9-7-23(15-30(25)40-4)13-14-36(2)34(38)28-21-44-33(35-28)20-37(18-24-8-12-29-32(16-24)43-22-42-29)19-26-10-11-27(39-3)17-31(26)41-5;1-5-24-8-6-22(14-29(24)39-3)12-13-34-33(37)27-20-43-32(35-27)19-36(17-23-7-11-28-31(15-23)42-21-41-28)18-25-9-10-26(38-2)16-30(25)40-4;1-3-23(2)33-32(36)28-21-39-31(34-28)20-35(19-27-15-16-29-30(17-27)38-22-37-29)18-26-13-11-25(12-14-26)10-9-24-7-5-4-6-8-24/h7-12,15-17,21H,6,13-14,18-20,22H2,1-5H3;6-11,14-16,20H,5,12-13,17-19,21H2,1-4H3,(H,34,37);4-8,11-17,21,23H,3,9-10,18-20,22H2,1-2H3,(H,33,36). The second-order valence-corrected chi connectivity index (χ2v) is 33.6. The molecule has 660 valence electrons. The molecule has 0 radical (unpaired) electrons. The summed E-state index contributed by atoms with van der Waals surface area (Å²) in [5.74, 6) is 8.91. The van der Waals surface area contributed by atoms with Crippen LogP contribution in [0.2, 0.25) is 0 Å². The monoisotopic (exact) mass is 1760 g/mol. The zero-order valence-corrected chi connectivity index (χ0v) is 75.9. The van der Waals surface area contributed by atoms with Crippen LogP contribution in [0.15, 0.2) is 198 Å². The Bertz CT molecular complexity index is 5590. The maximum Gasteiger partial charge on any atom is 0.273 e. The van der Waals surface area contributed by atoms with Crippen molar-refractivity contribution in [3.63, 3.8) is 0 Å². The summed E-state index contributed by atoms with van der Waals surface area (Å²) in [5.41, 5.74) is 15.2. The van der Waals surface area contributed by atoms with Crippen LogP contribution in [-0.2, 0) is 97.4 Å². The van der Waals surface area contributed by atoms with Crippen LogP contribution < -0.4 is 67.5 Å². The number of rotatable bonds is 40. The summed E-state index contributed by atoms with van der Waals surface area (Å²) in [7, 11) is 11.8. The third kappa shape index (κ3) is 25.5. The molecule has 0 saturated heterocycles. The molecule has 6 heterocycles. The Balaban J connectivity index is 0.000000162. The highest BCUT2D eigenvalue weighted by molar-refractivity contribution is 7.10. The van der Waals surface area contributed by atoms with Crippen molar-refractivity contribution in [2.45, 2.75) is 138 Å². The van der Waals surface area contributed by atoms with Gasteiger partial charge in [0.1, 0.15) is 66.6 Å². The van der Waals surface area contributed by atoms with Gasteiger partial charge in [-0.15, -0.1) is 34.0 Å². The first-order valence-corrected chi connectivity index (χ1v) is 44.9. The largest absolute Gasteiger partial charge is 0.497 e. The number of benzene rings is 9. The highest BCUT2D eigenvalue weighted by atomic mass is 32.1. The Morgan fingerprint density at radius 1 is 0.381 bits per heavy atom. The number of fused-ring (bicyclic) bond motifs is 3. The summed E-state index contributed by atoms with van der Waals surface area (Å²) in [6.45, 7) is 15.8. The van der Waals surface area contributed by atoms with Gasteiger partial charge < -0.3 is 72.4 Å². The molecule has 1 unspecified atom stereocenters. The predicted octanol–water partition coefficient (Wildman–Crippen LogP) is 18.0. The third-order valence-electron chi connectivity index (χ3n) is 21.9. The highest BCUT2D eigenvalue weighted by Crippen LogP contribution is 2.38. The third-order valence-corrected chi connectivity index (χ3v) is 24.4. The molecule has 12 aromatic rings. The van der Waals surface area contributed by atoms with E-state index in [9.17, 15) is 14.4 Å².